The summed E-state index contributed by atoms with van der Waals surface area (Å²) in [4.78, 5) is 4.72. The van der Waals surface area contributed by atoms with Crippen molar-refractivity contribution in [3.8, 4) is 55.6 Å². The molecule has 0 saturated carbocycles. The molecule has 41 heavy (non-hydrogen) atoms. The third-order valence-corrected chi connectivity index (χ3v) is 9.71. The average molecular weight is 538 g/mol. The number of hydrogen-bond acceptors (Lipinski definition) is 2. The van der Waals surface area contributed by atoms with Crippen molar-refractivity contribution in [2.75, 3.05) is 0 Å². The molecular formula is C39H23NS. The van der Waals surface area contributed by atoms with Crippen molar-refractivity contribution in [3.05, 3.63) is 140 Å². The molecule has 2 heteroatoms. The Morgan fingerprint density at radius 1 is 0.415 bits per heavy atom. The van der Waals surface area contributed by atoms with E-state index in [4.69, 9.17) is 4.98 Å². The van der Waals surface area contributed by atoms with Crippen LogP contribution in [0.2, 0.25) is 0 Å². The fraction of sp³-hybridized carbons (Fsp3) is 0. The molecule has 0 bridgehead atoms. The highest BCUT2D eigenvalue weighted by Crippen LogP contribution is 2.50. The van der Waals surface area contributed by atoms with E-state index in [9.17, 15) is 0 Å². The van der Waals surface area contributed by atoms with Crippen molar-refractivity contribution >= 4 is 42.4 Å². The lowest BCUT2D eigenvalue weighted by Gasteiger charge is -2.24. The molecule has 0 atom stereocenters. The smallest absolute Gasteiger partial charge is 0.0708 e. The third kappa shape index (κ3) is 3.38. The Labute approximate surface area is 242 Å². The third-order valence-electron chi connectivity index (χ3n) is 8.49. The molecule has 1 aliphatic rings. The zero-order valence-electron chi connectivity index (χ0n) is 22.1. The van der Waals surface area contributed by atoms with E-state index in [0.29, 0.717) is 0 Å². The van der Waals surface area contributed by atoms with Crippen LogP contribution in [-0.2, 0) is 0 Å². The molecule has 2 aromatic heterocycles. The van der Waals surface area contributed by atoms with E-state index in [1.165, 1.54) is 75.8 Å². The van der Waals surface area contributed by atoms with E-state index in [2.05, 4.69) is 127 Å². The fourth-order valence-electron chi connectivity index (χ4n) is 6.62. The second-order valence-electron chi connectivity index (χ2n) is 10.7. The number of rotatable bonds is 1. The highest BCUT2D eigenvalue weighted by atomic mass is 32.1. The molecule has 0 amide bonds. The van der Waals surface area contributed by atoms with Crippen molar-refractivity contribution < 1.29 is 0 Å². The van der Waals surface area contributed by atoms with Gasteiger partial charge in [0.05, 0.1) is 5.52 Å². The Kier molecular flexibility index (Phi) is 4.84. The molecule has 9 rings (SSSR count). The Hall–Kier alpha value is -5.05. The summed E-state index contributed by atoms with van der Waals surface area (Å²) in [5, 5.41) is 3.81. The van der Waals surface area contributed by atoms with Gasteiger partial charge in [0, 0.05) is 31.8 Å². The van der Waals surface area contributed by atoms with Crippen LogP contribution in [0.15, 0.2) is 140 Å². The monoisotopic (exact) mass is 537 g/mol. The van der Waals surface area contributed by atoms with Crippen LogP contribution < -0.4 is 0 Å². The van der Waals surface area contributed by atoms with E-state index < -0.39 is 0 Å². The Balaban J connectivity index is 1.38. The molecule has 8 aromatic rings. The van der Waals surface area contributed by atoms with Crippen LogP contribution in [0.1, 0.15) is 0 Å². The molecule has 0 aliphatic heterocycles. The fourth-order valence-corrected chi connectivity index (χ4v) is 7.85. The highest BCUT2D eigenvalue weighted by molar-refractivity contribution is 7.26. The minimum atomic E-state index is 1.02. The van der Waals surface area contributed by atoms with Crippen molar-refractivity contribution in [2.24, 2.45) is 0 Å². The van der Waals surface area contributed by atoms with Gasteiger partial charge >= 0.3 is 0 Å². The zero-order chi connectivity index (χ0) is 26.9. The first kappa shape index (κ1) is 22.7. The summed E-state index contributed by atoms with van der Waals surface area (Å²) < 4.78 is 2.67. The van der Waals surface area contributed by atoms with Crippen LogP contribution in [0.4, 0.5) is 0 Å². The van der Waals surface area contributed by atoms with Gasteiger partial charge in [-0.3, -0.25) is 4.98 Å². The number of pyridine rings is 1. The van der Waals surface area contributed by atoms with Crippen LogP contribution in [0.3, 0.4) is 0 Å². The molecule has 0 fully saturated rings. The predicted octanol–water partition coefficient (Wildman–Crippen LogP) is 11.3. The van der Waals surface area contributed by atoms with Gasteiger partial charge in [0.25, 0.3) is 0 Å². The van der Waals surface area contributed by atoms with Crippen LogP contribution in [0.25, 0.3) is 86.7 Å². The van der Waals surface area contributed by atoms with Crippen LogP contribution >= 0.6 is 11.3 Å². The van der Waals surface area contributed by atoms with Gasteiger partial charge in [-0.05, 0) is 86.0 Å². The number of benzene rings is 6. The molecule has 0 N–H and O–H groups in total. The topological polar surface area (TPSA) is 12.9 Å². The van der Waals surface area contributed by atoms with Gasteiger partial charge in [-0.15, -0.1) is 11.3 Å². The summed E-state index contributed by atoms with van der Waals surface area (Å²) >= 11 is 1.89. The molecule has 0 unspecified atom stereocenters. The van der Waals surface area contributed by atoms with Crippen LogP contribution in [0.5, 0.6) is 0 Å². The standard InChI is InChI=1S/C39H23NS/c1-3-12-29-27(10-1)28-11-2-4-13-30(28)36-23-37-25(9-8-20-40-37)22-35(36)31-19-18-24(21-34(29)31)26-15-7-16-33-32-14-5-6-17-38(32)41-39(26)33/h1-23H. The average Bonchev–Trinajstić information content (AvgIpc) is 3.42. The van der Waals surface area contributed by atoms with Crippen LogP contribution in [-0.4, -0.2) is 4.98 Å². The quantitative estimate of drug-likeness (QED) is 0.203. The Morgan fingerprint density at radius 2 is 1.02 bits per heavy atom. The molecule has 2 heterocycles. The van der Waals surface area contributed by atoms with Gasteiger partial charge in [0.1, 0.15) is 0 Å². The summed E-state index contributed by atoms with van der Waals surface area (Å²) in [6.45, 7) is 0. The molecule has 0 spiro atoms. The Morgan fingerprint density at radius 3 is 1.83 bits per heavy atom. The number of nitrogens with zero attached hydrogens (tertiary/aromatic N) is 1. The number of thiophene rings is 1. The molecule has 0 radical (unpaired) electrons. The summed E-state index contributed by atoms with van der Waals surface area (Å²) in [5.41, 5.74) is 13.5. The minimum absolute atomic E-state index is 1.02. The van der Waals surface area contributed by atoms with Gasteiger partial charge in [-0.1, -0.05) is 103 Å². The van der Waals surface area contributed by atoms with E-state index in [-0.39, 0.29) is 0 Å². The first-order valence-electron chi connectivity index (χ1n) is 14.0. The summed E-state index contributed by atoms with van der Waals surface area (Å²) in [6, 6.07) is 49.0. The first-order chi connectivity index (χ1) is 20.3. The van der Waals surface area contributed by atoms with Crippen LogP contribution in [0, 0.1) is 0 Å². The first-order valence-corrected chi connectivity index (χ1v) is 14.8. The lowest BCUT2D eigenvalue weighted by atomic mass is 9.79. The molecule has 0 saturated heterocycles. The summed E-state index contributed by atoms with van der Waals surface area (Å²) in [5.74, 6) is 0. The lowest BCUT2D eigenvalue weighted by Crippen LogP contribution is -1.98. The van der Waals surface area contributed by atoms with Crippen molar-refractivity contribution in [1.82, 2.24) is 4.98 Å². The zero-order valence-corrected chi connectivity index (χ0v) is 23.0. The molecule has 1 aliphatic carbocycles. The van der Waals surface area contributed by atoms with E-state index in [1.807, 2.05) is 23.6 Å². The van der Waals surface area contributed by atoms with Crippen molar-refractivity contribution in [3.63, 3.8) is 0 Å². The second kappa shape index (κ2) is 8.72. The lowest BCUT2D eigenvalue weighted by molar-refractivity contribution is 1.41. The maximum atomic E-state index is 4.72. The van der Waals surface area contributed by atoms with Crippen molar-refractivity contribution in [1.29, 1.82) is 0 Å². The van der Waals surface area contributed by atoms with E-state index in [0.717, 1.165) is 10.9 Å². The maximum Gasteiger partial charge on any atom is 0.0708 e. The molecule has 190 valence electrons. The number of hydrogen-bond donors (Lipinski definition) is 0. The van der Waals surface area contributed by atoms with E-state index in [1.54, 1.807) is 0 Å². The second-order valence-corrected chi connectivity index (χ2v) is 11.8. The highest BCUT2D eigenvalue weighted by Gasteiger charge is 2.23. The van der Waals surface area contributed by atoms with Gasteiger partial charge in [0.15, 0.2) is 0 Å². The Bertz CT molecular complexity index is 2320. The van der Waals surface area contributed by atoms with Gasteiger partial charge in [0.2, 0.25) is 0 Å². The molecule has 1 nitrogen and oxygen atoms in total. The van der Waals surface area contributed by atoms with Crippen molar-refractivity contribution in [2.45, 2.75) is 0 Å². The predicted molar refractivity (Wildman–Crippen MR) is 175 cm³/mol. The molecular weight excluding hydrogens is 515 g/mol. The SMILES string of the molecule is c1ccc2c(c1)-c1ccccc1-c1cc3ncccc3cc1-c1ccc(-c3cccc4c3sc3ccccc34)cc1-2. The molecule has 6 aromatic carbocycles. The van der Waals surface area contributed by atoms with Gasteiger partial charge in [-0.25, -0.2) is 0 Å². The normalized spacial score (nSPS) is 11.9. The largest absolute Gasteiger partial charge is 0.256 e. The van der Waals surface area contributed by atoms with Gasteiger partial charge < -0.3 is 0 Å². The van der Waals surface area contributed by atoms with E-state index >= 15 is 0 Å². The number of fused-ring (bicyclic) bond motifs is 12. The number of aromatic nitrogens is 1. The summed E-state index contributed by atoms with van der Waals surface area (Å²) in [7, 11) is 0. The minimum Gasteiger partial charge on any atom is -0.256 e. The van der Waals surface area contributed by atoms with Gasteiger partial charge in [-0.2, -0.15) is 0 Å². The summed E-state index contributed by atoms with van der Waals surface area (Å²) in [6.07, 6.45) is 1.88. The maximum absolute atomic E-state index is 4.72.